The summed E-state index contributed by atoms with van der Waals surface area (Å²) < 4.78 is 33.5. The molecule has 0 bridgehead atoms. The van der Waals surface area contributed by atoms with Crippen molar-refractivity contribution in [2.24, 2.45) is 5.92 Å². The molecule has 1 amide bonds. The van der Waals surface area contributed by atoms with E-state index in [1.165, 1.54) is 17.4 Å². The van der Waals surface area contributed by atoms with Crippen molar-refractivity contribution in [3.8, 4) is 22.5 Å². The van der Waals surface area contributed by atoms with E-state index in [9.17, 15) is 19.0 Å². The van der Waals surface area contributed by atoms with Crippen LogP contribution in [-0.2, 0) is 23.4 Å². The van der Waals surface area contributed by atoms with Crippen LogP contribution < -0.4 is 10.8 Å². The van der Waals surface area contributed by atoms with E-state index in [1.807, 2.05) is 42.5 Å². The Morgan fingerprint density at radius 2 is 1.92 bits per heavy atom. The van der Waals surface area contributed by atoms with Crippen molar-refractivity contribution in [1.82, 2.24) is 4.98 Å². The van der Waals surface area contributed by atoms with Crippen molar-refractivity contribution in [2.75, 3.05) is 12.1 Å². The minimum absolute atomic E-state index is 0.00781. The Morgan fingerprint density at radius 1 is 1.16 bits per heavy atom. The van der Waals surface area contributed by atoms with E-state index in [4.69, 9.17) is 13.7 Å². The number of ether oxygens (including phenoxy) is 2. The molecule has 4 aromatic rings. The van der Waals surface area contributed by atoms with E-state index in [0.717, 1.165) is 34.2 Å². The quantitative estimate of drug-likeness (QED) is 0.146. The smallest absolute Gasteiger partial charge is 0.448 e. The normalized spacial score (nSPS) is 14.8. The summed E-state index contributed by atoms with van der Waals surface area (Å²) in [6.45, 7) is 2.51. The molecule has 38 heavy (non-hydrogen) atoms. The van der Waals surface area contributed by atoms with Crippen molar-refractivity contribution in [1.29, 1.82) is 0 Å². The Bertz CT molecular complexity index is 1540. The molecule has 0 saturated heterocycles. The topological polar surface area (TPSA) is 137 Å². The first-order valence-electron chi connectivity index (χ1n) is 11.9. The number of carbonyl (C=O) groups excluding carboxylic acids is 2. The van der Waals surface area contributed by atoms with Gasteiger partial charge >= 0.3 is 13.8 Å². The van der Waals surface area contributed by atoms with E-state index >= 15 is 0 Å². The molecule has 10 nitrogen and oxygen atoms in total. The number of nitrogens with one attached hydrogen (secondary N) is 1. The fraction of sp³-hybridized carbons (Fsp3) is 0.269. The summed E-state index contributed by atoms with van der Waals surface area (Å²) in [5.41, 5.74) is 2.98. The lowest BCUT2D eigenvalue weighted by molar-refractivity contribution is -0.117. The van der Waals surface area contributed by atoms with Crippen LogP contribution in [0.15, 0.2) is 59.0 Å². The highest BCUT2D eigenvalue weighted by molar-refractivity contribution is 7.60. The molecule has 0 aliphatic heterocycles. The molecule has 0 spiro atoms. The van der Waals surface area contributed by atoms with E-state index in [-0.39, 0.29) is 17.3 Å². The average Bonchev–Trinajstić information content (AvgIpc) is 3.45. The molecule has 12 heteroatoms. The molecule has 1 aliphatic carbocycles. The van der Waals surface area contributed by atoms with Crippen LogP contribution in [0.4, 0.5) is 9.93 Å². The fourth-order valence-electron chi connectivity index (χ4n) is 3.69. The first-order valence-corrected chi connectivity index (χ1v) is 14.3. The molecule has 0 radical (unpaired) electrons. The zero-order valence-electron chi connectivity index (χ0n) is 20.6. The van der Waals surface area contributed by atoms with Gasteiger partial charge in [0.05, 0.1) is 16.3 Å². The lowest BCUT2D eigenvalue weighted by Gasteiger charge is -2.11. The molecule has 2 heterocycles. The van der Waals surface area contributed by atoms with Gasteiger partial charge in [-0.25, -0.2) is 9.78 Å². The van der Waals surface area contributed by atoms with Gasteiger partial charge in [0.1, 0.15) is 5.76 Å². The number of rotatable bonds is 9. The molecule has 2 N–H and O–H groups in total. The molecule has 1 fully saturated rings. The highest BCUT2D eigenvalue weighted by Crippen LogP contribution is 2.42. The summed E-state index contributed by atoms with van der Waals surface area (Å²) in [4.78, 5) is 38.4. The minimum Gasteiger partial charge on any atom is -0.448 e. The van der Waals surface area contributed by atoms with Crippen LogP contribution in [0.5, 0.6) is 0 Å². The van der Waals surface area contributed by atoms with Gasteiger partial charge in [0.25, 0.3) is 0 Å². The maximum absolute atomic E-state index is 12.6. The molecule has 198 valence electrons. The number of amides is 1. The maximum Gasteiger partial charge on any atom is 0.510 e. The summed E-state index contributed by atoms with van der Waals surface area (Å²) >= 11 is 1.42. The number of hydrogen-bond donors (Lipinski definition) is 2. The van der Waals surface area contributed by atoms with Gasteiger partial charge in [0.15, 0.2) is 5.13 Å². The second-order valence-electron chi connectivity index (χ2n) is 8.98. The van der Waals surface area contributed by atoms with Crippen LogP contribution in [0.1, 0.15) is 26.7 Å². The number of fused-ring (bicyclic) bond motifs is 1. The number of anilines is 1. The van der Waals surface area contributed by atoms with Crippen molar-refractivity contribution in [3.05, 3.63) is 54.6 Å². The van der Waals surface area contributed by atoms with Gasteiger partial charge in [-0.2, -0.15) is 0 Å². The number of furan rings is 1. The second kappa shape index (κ2) is 10.7. The number of nitrogens with zero attached hydrogens (tertiary/aromatic N) is 1. The number of benzene rings is 2. The summed E-state index contributed by atoms with van der Waals surface area (Å²) in [6, 6.07) is 16.2. The summed E-state index contributed by atoms with van der Waals surface area (Å²) in [5, 5.41) is 3.48. The third-order valence-corrected chi connectivity index (χ3v) is 7.93. The Balaban J connectivity index is 1.33. The van der Waals surface area contributed by atoms with Crippen molar-refractivity contribution in [3.63, 3.8) is 0 Å². The third kappa shape index (κ3) is 5.97. The van der Waals surface area contributed by atoms with E-state index < -0.39 is 26.6 Å². The van der Waals surface area contributed by atoms with Gasteiger partial charge in [-0.1, -0.05) is 41.7 Å². The Hall–Kier alpha value is -3.50. The van der Waals surface area contributed by atoms with Crippen LogP contribution in [0, 0.1) is 5.92 Å². The van der Waals surface area contributed by atoms with Crippen molar-refractivity contribution < 1.29 is 37.5 Å². The Kier molecular flexibility index (Phi) is 7.36. The van der Waals surface area contributed by atoms with Gasteiger partial charge in [-0.3, -0.25) is 13.9 Å². The molecule has 5 rings (SSSR count). The molecule has 2 aromatic heterocycles. The summed E-state index contributed by atoms with van der Waals surface area (Å²) in [6.07, 6.45) is 0.430. The van der Waals surface area contributed by atoms with Gasteiger partial charge in [-0.15, -0.1) is 0 Å². The Labute approximate surface area is 222 Å². The Morgan fingerprint density at radius 3 is 2.68 bits per heavy atom. The van der Waals surface area contributed by atoms with Crippen LogP contribution in [-0.4, -0.2) is 34.8 Å². The first-order chi connectivity index (χ1) is 18.2. The van der Waals surface area contributed by atoms with E-state index in [0.29, 0.717) is 16.5 Å². The fourth-order valence-corrected chi connectivity index (χ4v) is 5.50. The predicted octanol–water partition coefficient (Wildman–Crippen LogP) is 5.92. The lowest BCUT2D eigenvalue weighted by Crippen LogP contribution is -2.15. The highest BCUT2D eigenvalue weighted by atomic mass is 32.1. The predicted molar refractivity (Wildman–Crippen MR) is 142 cm³/mol. The molecule has 1 aliphatic rings. The molecule has 1 saturated carbocycles. The standard InChI is InChI=1S/C26H25N2O8PS/c1-15(2)35-26(30)33-14-34-37(31,32)22-12-11-21(36-22)18-6-3-5-17(13-18)19-7-4-8-20-23(19)38-25(27-20)28-24(29)16-9-10-16/h3-8,11-13,15-16H,9-10,14H2,1-2H3,(H,31,32)(H,27,28,29). The molecule has 1 atom stereocenters. The first kappa shape index (κ1) is 26.1. The van der Waals surface area contributed by atoms with E-state index in [2.05, 4.69) is 15.0 Å². The summed E-state index contributed by atoms with van der Waals surface area (Å²) in [7, 11) is -4.39. The minimum atomic E-state index is -4.39. The second-order valence-corrected chi connectivity index (χ2v) is 11.7. The van der Waals surface area contributed by atoms with Gasteiger partial charge < -0.3 is 24.1 Å². The van der Waals surface area contributed by atoms with Crippen LogP contribution >= 0.6 is 18.9 Å². The zero-order valence-corrected chi connectivity index (χ0v) is 22.3. The molecular weight excluding hydrogens is 531 g/mol. The molecule has 2 aromatic carbocycles. The zero-order chi connectivity index (χ0) is 26.9. The van der Waals surface area contributed by atoms with Crippen molar-refractivity contribution >= 4 is 51.8 Å². The largest absolute Gasteiger partial charge is 0.510 e. The number of hydrogen-bond acceptors (Lipinski definition) is 9. The monoisotopic (exact) mass is 556 g/mol. The number of aromatic nitrogens is 1. The maximum atomic E-state index is 12.6. The van der Waals surface area contributed by atoms with Gasteiger partial charge in [0, 0.05) is 17.0 Å². The summed E-state index contributed by atoms with van der Waals surface area (Å²) in [5.74, 6) is 0.451. The third-order valence-electron chi connectivity index (χ3n) is 5.66. The van der Waals surface area contributed by atoms with E-state index in [1.54, 1.807) is 19.9 Å². The van der Waals surface area contributed by atoms with Gasteiger partial charge in [0.2, 0.25) is 18.2 Å². The highest BCUT2D eigenvalue weighted by Gasteiger charge is 2.30. The average molecular weight is 557 g/mol. The molecular formula is C26H25N2O8PS. The van der Waals surface area contributed by atoms with Crippen molar-refractivity contribution in [2.45, 2.75) is 32.8 Å². The lowest BCUT2D eigenvalue weighted by atomic mass is 10.0. The van der Waals surface area contributed by atoms with Crippen LogP contribution in [0.3, 0.4) is 0 Å². The van der Waals surface area contributed by atoms with Crippen LogP contribution in [0.2, 0.25) is 0 Å². The van der Waals surface area contributed by atoms with Crippen LogP contribution in [0.25, 0.3) is 32.7 Å². The molecule has 1 unspecified atom stereocenters. The SMILES string of the molecule is CC(C)OC(=O)OCOP(=O)(O)c1ccc(-c2cccc(-c3cccc4nc(NC(=O)C5CC5)sc34)c2)o1. The van der Waals surface area contributed by atoms with Gasteiger partial charge in [-0.05, 0) is 56.5 Å². The number of thiazole rings is 1. The number of carbonyl (C=O) groups is 2.